The van der Waals surface area contributed by atoms with Crippen LogP contribution in [0.3, 0.4) is 0 Å². The molecular formula is C14H20N2O3S. The second-order valence-corrected chi connectivity index (χ2v) is 4.68. The molecule has 0 heterocycles. The summed E-state index contributed by atoms with van der Waals surface area (Å²) >= 11 is 4.94. The molecule has 0 aliphatic carbocycles. The van der Waals surface area contributed by atoms with E-state index < -0.39 is 0 Å². The molecule has 1 atom stereocenters. The molecule has 0 spiro atoms. The molecule has 1 aromatic carbocycles. The van der Waals surface area contributed by atoms with Crippen LogP contribution in [0.5, 0.6) is 0 Å². The van der Waals surface area contributed by atoms with Crippen LogP contribution < -0.4 is 11.1 Å². The van der Waals surface area contributed by atoms with E-state index in [1.807, 2.05) is 19.9 Å². The van der Waals surface area contributed by atoms with Gasteiger partial charge in [-0.15, -0.1) is 0 Å². The Bertz CT molecular complexity index is 465. The lowest BCUT2D eigenvalue weighted by molar-refractivity contribution is -0.123. The van der Waals surface area contributed by atoms with Gasteiger partial charge in [-0.25, -0.2) is 0 Å². The molecule has 110 valence electrons. The lowest BCUT2D eigenvalue weighted by atomic mass is 10.2. The van der Waals surface area contributed by atoms with Gasteiger partial charge in [0.2, 0.25) is 5.91 Å². The highest BCUT2D eigenvalue weighted by molar-refractivity contribution is 7.80. The van der Waals surface area contributed by atoms with Crippen LogP contribution in [0.4, 0.5) is 5.69 Å². The number of benzene rings is 1. The molecule has 0 fully saturated rings. The van der Waals surface area contributed by atoms with E-state index in [2.05, 4.69) is 5.32 Å². The number of carbonyl (C=O) groups is 1. The normalized spacial score (nSPS) is 11.9. The molecule has 5 nitrogen and oxygen atoms in total. The first-order valence-electron chi connectivity index (χ1n) is 6.42. The fraction of sp³-hybridized carbons (Fsp3) is 0.429. The van der Waals surface area contributed by atoms with Crippen molar-refractivity contribution in [3.63, 3.8) is 0 Å². The Labute approximate surface area is 124 Å². The monoisotopic (exact) mass is 296 g/mol. The Morgan fingerprint density at radius 2 is 2.15 bits per heavy atom. The molecule has 0 saturated heterocycles. The van der Waals surface area contributed by atoms with E-state index in [0.717, 1.165) is 0 Å². The van der Waals surface area contributed by atoms with Crippen LogP contribution in [0.15, 0.2) is 24.3 Å². The van der Waals surface area contributed by atoms with Gasteiger partial charge in [0.1, 0.15) is 11.6 Å². The van der Waals surface area contributed by atoms with Gasteiger partial charge in [0.05, 0.1) is 18.4 Å². The summed E-state index contributed by atoms with van der Waals surface area (Å²) in [5, 5.41) is 2.73. The van der Waals surface area contributed by atoms with Crippen LogP contribution >= 0.6 is 12.2 Å². The highest BCUT2D eigenvalue weighted by Gasteiger charge is 2.10. The molecule has 6 heteroatoms. The van der Waals surface area contributed by atoms with E-state index in [1.54, 1.807) is 18.2 Å². The summed E-state index contributed by atoms with van der Waals surface area (Å²) in [5.41, 5.74) is 6.83. The largest absolute Gasteiger partial charge is 0.389 e. The smallest absolute Gasteiger partial charge is 0.250 e. The molecule has 0 aliphatic rings. The Kier molecular flexibility index (Phi) is 7.14. The van der Waals surface area contributed by atoms with Crippen molar-refractivity contribution in [2.75, 3.05) is 25.1 Å². The first-order valence-corrected chi connectivity index (χ1v) is 6.83. The molecule has 0 bridgehead atoms. The SMILES string of the molecule is CCOCC(C)OCC(=O)Nc1ccccc1C(N)=S. The van der Waals surface area contributed by atoms with Gasteiger partial charge < -0.3 is 20.5 Å². The van der Waals surface area contributed by atoms with Crippen LogP contribution in [-0.2, 0) is 14.3 Å². The Hall–Kier alpha value is -1.50. The quantitative estimate of drug-likeness (QED) is 0.714. The number of para-hydroxylation sites is 1. The number of thiocarbonyl (C=S) groups is 1. The van der Waals surface area contributed by atoms with Crippen molar-refractivity contribution >= 4 is 28.8 Å². The summed E-state index contributed by atoms with van der Waals surface area (Å²) in [6.07, 6.45) is -0.133. The highest BCUT2D eigenvalue weighted by Crippen LogP contribution is 2.14. The number of nitrogens with two attached hydrogens (primary N) is 1. The molecule has 0 saturated carbocycles. The summed E-state index contributed by atoms with van der Waals surface area (Å²) in [6.45, 7) is 4.81. The van der Waals surface area contributed by atoms with E-state index in [0.29, 0.717) is 24.5 Å². The van der Waals surface area contributed by atoms with Crippen LogP contribution in [0.2, 0.25) is 0 Å². The van der Waals surface area contributed by atoms with Crippen molar-refractivity contribution in [3.05, 3.63) is 29.8 Å². The van der Waals surface area contributed by atoms with Crippen molar-refractivity contribution in [3.8, 4) is 0 Å². The van der Waals surface area contributed by atoms with Crippen molar-refractivity contribution in [1.29, 1.82) is 0 Å². The highest BCUT2D eigenvalue weighted by atomic mass is 32.1. The van der Waals surface area contributed by atoms with Gasteiger partial charge in [0, 0.05) is 12.2 Å². The molecule has 1 aromatic rings. The first-order chi connectivity index (χ1) is 9.54. The fourth-order valence-electron chi connectivity index (χ4n) is 1.54. The number of carbonyl (C=O) groups excluding carboxylic acids is 1. The maximum atomic E-state index is 11.8. The van der Waals surface area contributed by atoms with Crippen molar-refractivity contribution in [1.82, 2.24) is 0 Å². The number of nitrogens with one attached hydrogen (secondary N) is 1. The Morgan fingerprint density at radius 3 is 2.80 bits per heavy atom. The lowest BCUT2D eigenvalue weighted by Crippen LogP contribution is -2.25. The van der Waals surface area contributed by atoms with E-state index in [-0.39, 0.29) is 23.6 Å². The van der Waals surface area contributed by atoms with Crippen molar-refractivity contribution in [2.24, 2.45) is 5.73 Å². The summed E-state index contributed by atoms with van der Waals surface area (Å²) in [6, 6.07) is 7.12. The number of hydrogen-bond acceptors (Lipinski definition) is 4. The summed E-state index contributed by atoms with van der Waals surface area (Å²) in [7, 11) is 0. The summed E-state index contributed by atoms with van der Waals surface area (Å²) < 4.78 is 10.6. The molecule has 0 radical (unpaired) electrons. The topological polar surface area (TPSA) is 73.6 Å². The molecular weight excluding hydrogens is 276 g/mol. The molecule has 1 amide bonds. The standard InChI is InChI=1S/C14H20N2O3S/c1-3-18-8-10(2)19-9-13(17)16-12-7-5-4-6-11(12)14(15)20/h4-7,10H,3,8-9H2,1-2H3,(H2,15,20)(H,16,17). The second-order valence-electron chi connectivity index (χ2n) is 4.24. The average Bonchev–Trinajstić information content (AvgIpc) is 2.43. The zero-order valence-corrected chi connectivity index (χ0v) is 12.5. The minimum absolute atomic E-state index is 0.0418. The van der Waals surface area contributed by atoms with Crippen LogP contribution in [-0.4, -0.2) is 36.8 Å². The summed E-state index contributed by atoms with van der Waals surface area (Å²) in [4.78, 5) is 12.0. The molecule has 0 aromatic heterocycles. The maximum Gasteiger partial charge on any atom is 0.250 e. The van der Waals surface area contributed by atoms with Gasteiger partial charge in [0.25, 0.3) is 0 Å². The predicted octanol–water partition coefficient (Wildman–Crippen LogP) is 1.70. The fourth-order valence-corrected chi connectivity index (χ4v) is 1.72. The van der Waals surface area contributed by atoms with Crippen molar-refractivity contribution in [2.45, 2.75) is 20.0 Å². The summed E-state index contributed by atoms with van der Waals surface area (Å²) in [5.74, 6) is -0.253. The van der Waals surface area contributed by atoms with Crippen LogP contribution in [0.1, 0.15) is 19.4 Å². The van der Waals surface area contributed by atoms with Crippen LogP contribution in [0, 0.1) is 0 Å². The molecule has 0 aliphatic heterocycles. The van der Waals surface area contributed by atoms with E-state index in [9.17, 15) is 4.79 Å². The number of hydrogen-bond donors (Lipinski definition) is 2. The lowest BCUT2D eigenvalue weighted by Gasteiger charge is -2.14. The van der Waals surface area contributed by atoms with Gasteiger partial charge >= 0.3 is 0 Å². The number of anilines is 1. The maximum absolute atomic E-state index is 11.8. The van der Waals surface area contributed by atoms with E-state index in [4.69, 9.17) is 27.4 Å². The minimum atomic E-state index is -0.253. The first kappa shape index (κ1) is 16.6. The van der Waals surface area contributed by atoms with Gasteiger partial charge in [0.15, 0.2) is 0 Å². The molecule has 3 N–H and O–H groups in total. The van der Waals surface area contributed by atoms with Crippen molar-refractivity contribution < 1.29 is 14.3 Å². The number of amides is 1. The number of rotatable bonds is 8. The van der Waals surface area contributed by atoms with Gasteiger partial charge in [-0.05, 0) is 26.0 Å². The van der Waals surface area contributed by atoms with Gasteiger partial charge in [-0.1, -0.05) is 24.4 Å². The Balaban J connectivity index is 2.49. The Morgan fingerprint density at radius 1 is 1.45 bits per heavy atom. The third-order valence-electron chi connectivity index (χ3n) is 2.52. The van der Waals surface area contributed by atoms with E-state index >= 15 is 0 Å². The van der Waals surface area contributed by atoms with Gasteiger partial charge in [-0.2, -0.15) is 0 Å². The molecule has 1 rings (SSSR count). The average molecular weight is 296 g/mol. The third kappa shape index (κ3) is 5.64. The zero-order chi connectivity index (χ0) is 15.0. The van der Waals surface area contributed by atoms with Crippen LogP contribution in [0.25, 0.3) is 0 Å². The van der Waals surface area contributed by atoms with E-state index in [1.165, 1.54) is 0 Å². The second kappa shape index (κ2) is 8.63. The molecule has 1 unspecified atom stereocenters. The number of ether oxygens (including phenoxy) is 2. The zero-order valence-electron chi connectivity index (χ0n) is 11.7. The molecule has 20 heavy (non-hydrogen) atoms. The predicted molar refractivity (Wildman–Crippen MR) is 82.9 cm³/mol. The third-order valence-corrected chi connectivity index (χ3v) is 2.74. The van der Waals surface area contributed by atoms with Gasteiger partial charge in [-0.3, -0.25) is 4.79 Å². The minimum Gasteiger partial charge on any atom is -0.389 e.